The molecule has 1 aliphatic rings. The Hall–Kier alpha value is -1.55. The van der Waals surface area contributed by atoms with Crippen LogP contribution in [0.5, 0.6) is 5.75 Å². The molecule has 1 fully saturated rings. The van der Waals surface area contributed by atoms with Gasteiger partial charge in [-0.15, -0.1) is 0 Å². The maximum Gasteiger partial charge on any atom is 0.127 e. The van der Waals surface area contributed by atoms with Crippen LogP contribution >= 0.6 is 0 Å². The summed E-state index contributed by atoms with van der Waals surface area (Å²) in [6.45, 7) is 6.53. The molecule has 0 bridgehead atoms. The van der Waals surface area contributed by atoms with E-state index in [0.717, 1.165) is 30.3 Å². The van der Waals surface area contributed by atoms with Gasteiger partial charge in [0.15, 0.2) is 0 Å². The Morgan fingerprint density at radius 1 is 1.38 bits per heavy atom. The zero-order valence-corrected chi connectivity index (χ0v) is 13.2. The van der Waals surface area contributed by atoms with Crippen molar-refractivity contribution in [3.05, 3.63) is 24.0 Å². The van der Waals surface area contributed by atoms with E-state index < -0.39 is 0 Å². The van der Waals surface area contributed by atoms with Crippen LogP contribution in [-0.4, -0.2) is 23.2 Å². The summed E-state index contributed by atoms with van der Waals surface area (Å²) in [6.07, 6.45) is 3.74. The average Bonchev–Trinajstić information content (AvgIpc) is 2.92. The number of methoxy groups -OCH3 is 1. The Labute approximate surface area is 126 Å². The number of aromatic nitrogens is 2. The van der Waals surface area contributed by atoms with Crippen molar-refractivity contribution < 1.29 is 4.74 Å². The van der Waals surface area contributed by atoms with Crippen LogP contribution in [0.15, 0.2) is 18.2 Å². The van der Waals surface area contributed by atoms with Gasteiger partial charge in [-0.3, -0.25) is 0 Å². The number of nitrogens with one attached hydrogen (secondary N) is 1. The van der Waals surface area contributed by atoms with Crippen LogP contribution in [0.4, 0.5) is 0 Å². The first kappa shape index (κ1) is 14.4. The molecule has 0 saturated carbocycles. The topological polar surface area (TPSA) is 39.1 Å². The molecule has 0 spiro atoms. The zero-order valence-electron chi connectivity index (χ0n) is 13.2. The summed E-state index contributed by atoms with van der Waals surface area (Å²) in [6, 6.07) is 6.55. The van der Waals surface area contributed by atoms with E-state index in [9.17, 15) is 0 Å². The molecule has 0 amide bonds. The number of hydrogen-bond donors (Lipinski definition) is 1. The molecule has 4 heteroatoms. The van der Waals surface area contributed by atoms with E-state index in [0.29, 0.717) is 6.04 Å². The maximum absolute atomic E-state index is 5.32. The number of benzene rings is 1. The molecule has 21 heavy (non-hydrogen) atoms. The molecule has 1 saturated heterocycles. The number of hydrogen-bond acceptors (Lipinski definition) is 3. The van der Waals surface area contributed by atoms with Crippen molar-refractivity contribution in [2.45, 2.75) is 45.7 Å². The largest absolute Gasteiger partial charge is 0.497 e. The van der Waals surface area contributed by atoms with E-state index in [4.69, 9.17) is 9.72 Å². The van der Waals surface area contributed by atoms with Crippen molar-refractivity contribution in [2.75, 3.05) is 13.7 Å². The SMILES string of the molecule is CCC1CCNC(c2nc3cc(OC)ccc3n2CC)C1. The summed E-state index contributed by atoms with van der Waals surface area (Å²) in [7, 11) is 1.70. The summed E-state index contributed by atoms with van der Waals surface area (Å²) in [5.41, 5.74) is 2.24. The van der Waals surface area contributed by atoms with Gasteiger partial charge in [-0.1, -0.05) is 13.3 Å². The van der Waals surface area contributed by atoms with Gasteiger partial charge in [-0.2, -0.15) is 0 Å². The lowest BCUT2D eigenvalue weighted by molar-refractivity contribution is 0.287. The highest BCUT2D eigenvalue weighted by Crippen LogP contribution is 2.31. The molecule has 2 aromatic rings. The first-order valence-electron chi connectivity index (χ1n) is 8.04. The molecular formula is C17H25N3O. The minimum absolute atomic E-state index is 0.377. The van der Waals surface area contributed by atoms with Crippen LogP contribution in [0.1, 0.15) is 45.0 Å². The smallest absolute Gasteiger partial charge is 0.127 e. The molecule has 114 valence electrons. The summed E-state index contributed by atoms with van der Waals surface area (Å²) < 4.78 is 7.66. The Kier molecular flexibility index (Phi) is 4.15. The monoisotopic (exact) mass is 287 g/mol. The number of nitrogens with zero attached hydrogens (tertiary/aromatic N) is 2. The summed E-state index contributed by atoms with van der Waals surface area (Å²) in [5.74, 6) is 2.87. The lowest BCUT2D eigenvalue weighted by Crippen LogP contribution is -2.33. The first-order chi connectivity index (χ1) is 10.3. The number of imidazole rings is 1. The molecule has 1 aliphatic heterocycles. The number of ether oxygens (including phenoxy) is 1. The van der Waals surface area contributed by atoms with Crippen molar-refractivity contribution in [2.24, 2.45) is 5.92 Å². The van der Waals surface area contributed by atoms with Crippen molar-refractivity contribution in [3.63, 3.8) is 0 Å². The molecule has 0 aliphatic carbocycles. The van der Waals surface area contributed by atoms with Crippen LogP contribution in [0.25, 0.3) is 11.0 Å². The second-order valence-electron chi connectivity index (χ2n) is 5.87. The fraction of sp³-hybridized carbons (Fsp3) is 0.588. The third-order valence-corrected chi connectivity index (χ3v) is 4.70. The lowest BCUT2D eigenvalue weighted by atomic mass is 9.90. The fourth-order valence-corrected chi connectivity index (χ4v) is 3.42. The highest BCUT2D eigenvalue weighted by Gasteiger charge is 2.26. The normalized spacial score (nSPS) is 22.6. The van der Waals surface area contributed by atoms with E-state index in [1.165, 1.54) is 30.6 Å². The minimum Gasteiger partial charge on any atom is -0.497 e. The highest BCUT2D eigenvalue weighted by atomic mass is 16.5. The van der Waals surface area contributed by atoms with E-state index in [-0.39, 0.29) is 0 Å². The van der Waals surface area contributed by atoms with E-state index in [1.54, 1.807) is 7.11 Å². The number of rotatable bonds is 4. The number of fused-ring (bicyclic) bond motifs is 1. The molecule has 0 radical (unpaired) electrons. The third kappa shape index (κ3) is 2.64. The van der Waals surface area contributed by atoms with Crippen molar-refractivity contribution in [1.82, 2.24) is 14.9 Å². The molecule has 3 rings (SSSR count). The van der Waals surface area contributed by atoms with Crippen LogP contribution in [0.2, 0.25) is 0 Å². The Balaban J connectivity index is 2.00. The van der Waals surface area contributed by atoms with Gasteiger partial charge in [0, 0.05) is 12.6 Å². The maximum atomic E-state index is 5.32. The van der Waals surface area contributed by atoms with Gasteiger partial charge < -0.3 is 14.6 Å². The molecular weight excluding hydrogens is 262 g/mol. The Morgan fingerprint density at radius 2 is 2.24 bits per heavy atom. The van der Waals surface area contributed by atoms with Gasteiger partial charge in [0.25, 0.3) is 0 Å². The zero-order chi connectivity index (χ0) is 14.8. The van der Waals surface area contributed by atoms with Crippen molar-refractivity contribution >= 4 is 11.0 Å². The standard InChI is InChI=1S/C17H25N3O/c1-4-12-8-9-18-15(10-12)17-19-14-11-13(21-3)6-7-16(14)20(17)5-2/h6-7,11-12,15,18H,4-5,8-10H2,1-3H3. The van der Waals surface area contributed by atoms with E-state index >= 15 is 0 Å². The van der Waals surface area contributed by atoms with E-state index in [1.807, 2.05) is 12.1 Å². The Bertz CT molecular complexity index is 620. The molecule has 1 aromatic heterocycles. The van der Waals surface area contributed by atoms with Crippen molar-refractivity contribution in [1.29, 1.82) is 0 Å². The molecule has 1 N–H and O–H groups in total. The predicted octanol–water partition coefficient (Wildman–Crippen LogP) is 3.52. The second kappa shape index (κ2) is 6.06. The predicted molar refractivity (Wildman–Crippen MR) is 85.7 cm³/mol. The lowest BCUT2D eigenvalue weighted by Gasteiger charge is -2.29. The molecule has 4 nitrogen and oxygen atoms in total. The second-order valence-corrected chi connectivity index (χ2v) is 5.87. The quantitative estimate of drug-likeness (QED) is 0.935. The highest BCUT2D eigenvalue weighted by molar-refractivity contribution is 5.78. The first-order valence-corrected chi connectivity index (χ1v) is 8.04. The summed E-state index contributed by atoms with van der Waals surface area (Å²) >= 11 is 0. The third-order valence-electron chi connectivity index (χ3n) is 4.70. The van der Waals surface area contributed by atoms with Gasteiger partial charge in [-0.25, -0.2) is 4.98 Å². The number of piperidine rings is 1. The van der Waals surface area contributed by atoms with Gasteiger partial charge >= 0.3 is 0 Å². The summed E-state index contributed by atoms with van der Waals surface area (Å²) in [5, 5.41) is 3.65. The Morgan fingerprint density at radius 3 is 2.95 bits per heavy atom. The van der Waals surface area contributed by atoms with E-state index in [2.05, 4.69) is 29.8 Å². The van der Waals surface area contributed by atoms with Gasteiger partial charge in [0.1, 0.15) is 11.6 Å². The minimum atomic E-state index is 0.377. The molecule has 1 aromatic carbocycles. The molecule has 2 unspecified atom stereocenters. The van der Waals surface area contributed by atoms with Crippen LogP contribution < -0.4 is 10.1 Å². The van der Waals surface area contributed by atoms with Crippen LogP contribution in [0, 0.1) is 5.92 Å². The van der Waals surface area contributed by atoms with Crippen LogP contribution in [0.3, 0.4) is 0 Å². The van der Waals surface area contributed by atoms with Gasteiger partial charge in [0.2, 0.25) is 0 Å². The van der Waals surface area contributed by atoms with Crippen LogP contribution in [-0.2, 0) is 6.54 Å². The van der Waals surface area contributed by atoms with Gasteiger partial charge in [0.05, 0.1) is 24.2 Å². The average molecular weight is 287 g/mol. The molecule has 2 atom stereocenters. The number of aryl methyl sites for hydroxylation is 1. The van der Waals surface area contributed by atoms with Crippen molar-refractivity contribution in [3.8, 4) is 5.75 Å². The van der Waals surface area contributed by atoms with Gasteiger partial charge in [-0.05, 0) is 44.4 Å². The fourth-order valence-electron chi connectivity index (χ4n) is 3.42. The summed E-state index contributed by atoms with van der Waals surface area (Å²) in [4.78, 5) is 4.90. The molecule has 2 heterocycles.